The van der Waals surface area contributed by atoms with Crippen LogP contribution in [0.1, 0.15) is 48.7 Å². The van der Waals surface area contributed by atoms with Crippen molar-refractivity contribution in [2.75, 3.05) is 0 Å². The molecular formula is C18H21FN2O2. The molecule has 0 bridgehead atoms. The summed E-state index contributed by atoms with van der Waals surface area (Å²) in [6.45, 7) is 1.79. The number of nitrogens with one attached hydrogen (secondary N) is 1. The zero-order valence-corrected chi connectivity index (χ0v) is 13.2. The predicted octanol–water partition coefficient (Wildman–Crippen LogP) is 3.71. The second kappa shape index (κ2) is 6.94. The lowest BCUT2D eigenvalue weighted by molar-refractivity contribution is -0.121. The molecule has 1 aliphatic rings. The molecule has 0 saturated heterocycles. The smallest absolute Gasteiger partial charge is 0.226 e. The predicted molar refractivity (Wildman–Crippen MR) is 84.2 cm³/mol. The Labute approximate surface area is 135 Å². The second-order valence-electron chi connectivity index (χ2n) is 6.22. The number of aryl methyl sites for hydroxylation is 1. The van der Waals surface area contributed by atoms with Crippen molar-refractivity contribution < 1.29 is 13.7 Å². The molecule has 0 unspecified atom stereocenters. The fraction of sp³-hybridized carbons (Fsp3) is 0.444. The van der Waals surface area contributed by atoms with Crippen molar-refractivity contribution in [1.82, 2.24) is 10.5 Å². The van der Waals surface area contributed by atoms with Crippen LogP contribution >= 0.6 is 0 Å². The molecule has 4 nitrogen and oxygen atoms in total. The van der Waals surface area contributed by atoms with Crippen LogP contribution in [0.2, 0.25) is 0 Å². The lowest BCUT2D eigenvalue weighted by Crippen LogP contribution is -2.34. The minimum atomic E-state index is -0.279. The fourth-order valence-corrected chi connectivity index (χ4v) is 3.36. The molecular weight excluding hydrogens is 295 g/mol. The molecule has 1 aliphatic carbocycles. The Morgan fingerprint density at radius 1 is 1.39 bits per heavy atom. The molecule has 1 saturated carbocycles. The van der Waals surface area contributed by atoms with Gasteiger partial charge in [-0.1, -0.05) is 36.2 Å². The first-order valence-electron chi connectivity index (χ1n) is 8.09. The zero-order chi connectivity index (χ0) is 16.2. The van der Waals surface area contributed by atoms with E-state index in [0.29, 0.717) is 17.0 Å². The van der Waals surface area contributed by atoms with E-state index in [1.807, 2.05) is 6.07 Å². The van der Waals surface area contributed by atoms with Crippen molar-refractivity contribution in [2.24, 2.45) is 5.92 Å². The van der Waals surface area contributed by atoms with Gasteiger partial charge < -0.3 is 9.84 Å². The molecule has 1 N–H and O–H groups in total. The van der Waals surface area contributed by atoms with Crippen LogP contribution in [-0.2, 0) is 11.2 Å². The minimum Gasteiger partial charge on any atom is -0.361 e. The molecule has 1 amide bonds. The normalized spacial score (nSPS) is 16.4. The highest BCUT2D eigenvalue weighted by atomic mass is 19.1. The van der Waals surface area contributed by atoms with Gasteiger partial charge >= 0.3 is 0 Å². The quantitative estimate of drug-likeness (QED) is 0.915. The van der Waals surface area contributed by atoms with Crippen molar-refractivity contribution in [3.63, 3.8) is 0 Å². The van der Waals surface area contributed by atoms with Gasteiger partial charge in [0.05, 0.1) is 18.2 Å². The summed E-state index contributed by atoms with van der Waals surface area (Å²) in [5, 5.41) is 6.85. The van der Waals surface area contributed by atoms with Crippen molar-refractivity contribution >= 4 is 5.91 Å². The Hall–Kier alpha value is -2.17. The fourth-order valence-electron chi connectivity index (χ4n) is 3.36. The molecule has 0 aliphatic heterocycles. The van der Waals surface area contributed by atoms with E-state index in [2.05, 4.69) is 10.5 Å². The highest BCUT2D eigenvalue weighted by Gasteiger charge is 2.29. The number of carbonyl (C=O) groups is 1. The first kappa shape index (κ1) is 15.7. The third-order valence-corrected chi connectivity index (χ3v) is 4.45. The van der Waals surface area contributed by atoms with E-state index in [1.165, 1.54) is 6.07 Å². The number of amides is 1. The van der Waals surface area contributed by atoms with Gasteiger partial charge in [-0.05, 0) is 31.7 Å². The molecule has 2 aromatic rings. The lowest BCUT2D eigenvalue weighted by atomic mass is 9.91. The van der Waals surface area contributed by atoms with E-state index in [1.54, 1.807) is 25.1 Å². The highest BCUT2D eigenvalue weighted by Crippen LogP contribution is 2.36. The van der Waals surface area contributed by atoms with Crippen LogP contribution in [0.4, 0.5) is 4.39 Å². The standard InChI is InChI=1S/C18H21FN2O2/c1-12-10-14(21-23-12)11-17(22)20-18(13-6-2-3-7-13)15-8-4-5-9-16(15)19/h4-5,8-10,13,18H,2-3,6-7,11H2,1H3,(H,20,22)/t18-/m1/s1. The summed E-state index contributed by atoms with van der Waals surface area (Å²) >= 11 is 0. The summed E-state index contributed by atoms with van der Waals surface area (Å²) in [7, 11) is 0. The summed E-state index contributed by atoms with van der Waals surface area (Å²) < 4.78 is 19.2. The number of nitrogens with zero attached hydrogens (tertiary/aromatic N) is 1. The summed E-state index contributed by atoms with van der Waals surface area (Å²) in [6, 6.07) is 8.16. The summed E-state index contributed by atoms with van der Waals surface area (Å²) in [5.41, 5.74) is 1.17. The molecule has 3 rings (SSSR count). The number of benzene rings is 1. The molecule has 0 radical (unpaired) electrons. The van der Waals surface area contributed by atoms with Gasteiger partial charge in [-0.3, -0.25) is 4.79 Å². The molecule has 0 spiro atoms. The van der Waals surface area contributed by atoms with Crippen LogP contribution in [0, 0.1) is 18.7 Å². The topological polar surface area (TPSA) is 55.1 Å². The average molecular weight is 316 g/mol. The summed E-state index contributed by atoms with van der Waals surface area (Å²) in [6.07, 6.45) is 4.45. The third-order valence-electron chi connectivity index (χ3n) is 4.45. The molecule has 1 heterocycles. The van der Waals surface area contributed by atoms with Crippen LogP contribution in [0.5, 0.6) is 0 Å². The number of hydrogen-bond donors (Lipinski definition) is 1. The van der Waals surface area contributed by atoms with Gasteiger partial charge in [0.15, 0.2) is 0 Å². The van der Waals surface area contributed by atoms with Gasteiger partial charge in [0, 0.05) is 11.6 Å². The first-order valence-corrected chi connectivity index (χ1v) is 8.09. The van der Waals surface area contributed by atoms with E-state index in [-0.39, 0.29) is 30.1 Å². The zero-order valence-electron chi connectivity index (χ0n) is 13.2. The van der Waals surface area contributed by atoms with Crippen LogP contribution in [-0.4, -0.2) is 11.1 Å². The Balaban J connectivity index is 1.75. The molecule has 1 aromatic carbocycles. The molecule has 1 atom stereocenters. The van der Waals surface area contributed by atoms with Gasteiger partial charge in [-0.25, -0.2) is 4.39 Å². The largest absolute Gasteiger partial charge is 0.361 e. The molecule has 23 heavy (non-hydrogen) atoms. The number of halogens is 1. The van der Waals surface area contributed by atoms with Gasteiger partial charge in [0.25, 0.3) is 0 Å². The molecule has 5 heteroatoms. The number of hydrogen-bond acceptors (Lipinski definition) is 3. The van der Waals surface area contributed by atoms with Gasteiger partial charge in [0.2, 0.25) is 5.91 Å². The van der Waals surface area contributed by atoms with Crippen LogP contribution in [0.15, 0.2) is 34.9 Å². The van der Waals surface area contributed by atoms with Crippen LogP contribution < -0.4 is 5.32 Å². The SMILES string of the molecule is Cc1cc(CC(=O)N[C@@H](c2ccccc2F)C2CCCC2)no1. The van der Waals surface area contributed by atoms with Gasteiger partial charge in [-0.2, -0.15) is 0 Å². The third kappa shape index (κ3) is 3.78. The average Bonchev–Trinajstić information content (AvgIpc) is 3.18. The van der Waals surface area contributed by atoms with E-state index >= 15 is 0 Å². The summed E-state index contributed by atoms with van der Waals surface area (Å²) in [4.78, 5) is 12.4. The monoisotopic (exact) mass is 316 g/mol. The van der Waals surface area contributed by atoms with Crippen molar-refractivity contribution in [3.8, 4) is 0 Å². The Kier molecular flexibility index (Phi) is 4.74. The maximum Gasteiger partial charge on any atom is 0.226 e. The Morgan fingerprint density at radius 2 is 2.13 bits per heavy atom. The molecule has 1 fully saturated rings. The Morgan fingerprint density at radius 3 is 2.78 bits per heavy atom. The maximum absolute atomic E-state index is 14.2. The second-order valence-corrected chi connectivity index (χ2v) is 6.22. The van der Waals surface area contributed by atoms with Gasteiger partial charge in [0.1, 0.15) is 11.6 Å². The van der Waals surface area contributed by atoms with E-state index in [4.69, 9.17) is 4.52 Å². The molecule has 122 valence electrons. The number of aromatic nitrogens is 1. The van der Waals surface area contributed by atoms with Crippen molar-refractivity contribution in [2.45, 2.75) is 45.1 Å². The highest BCUT2D eigenvalue weighted by molar-refractivity contribution is 5.78. The van der Waals surface area contributed by atoms with Gasteiger partial charge in [-0.15, -0.1) is 0 Å². The van der Waals surface area contributed by atoms with Crippen LogP contribution in [0.25, 0.3) is 0 Å². The number of carbonyl (C=O) groups excluding carboxylic acids is 1. The van der Waals surface area contributed by atoms with E-state index in [9.17, 15) is 9.18 Å². The molecule has 1 aromatic heterocycles. The number of rotatable bonds is 5. The minimum absolute atomic E-state index is 0.148. The van der Waals surface area contributed by atoms with Crippen molar-refractivity contribution in [3.05, 3.63) is 53.2 Å². The van der Waals surface area contributed by atoms with Crippen LogP contribution in [0.3, 0.4) is 0 Å². The lowest BCUT2D eigenvalue weighted by Gasteiger charge is -2.25. The summed E-state index contributed by atoms with van der Waals surface area (Å²) in [5.74, 6) is 0.546. The van der Waals surface area contributed by atoms with E-state index in [0.717, 1.165) is 25.7 Å². The van der Waals surface area contributed by atoms with Crippen molar-refractivity contribution in [1.29, 1.82) is 0 Å². The Bertz CT molecular complexity index is 677. The first-order chi connectivity index (χ1) is 11.1. The van der Waals surface area contributed by atoms with E-state index < -0.39 is 0 Å². The maximum atomic E-state index is 14.2.